The fraction of sp³-hybridized carbons (Fsp3) is 0.312. The third-order valence-corrected chi connectivity index (χ3v) is 3.46. The van der Waals surface area contributed by atoms with Crippen molar-refractivity contribution in [3.8, 4) is 11.8 Å². The minimum absolute atomic E-state index is 0.0601. The average molecular weight is 353 g/mol. The van der Waals surface area contributed by atoms with Crippen LogP contribution in [0.2, 0.25) is 5.15 Å². The minimum atomic E-state index is -0.847. The first-order valence-electron chi connectivity index (χ1n) is 6.99. The van der Waals surface area contributed by atoms with Crippen molar-refractivity contribution in [2.45, 2.75) is 12.2 Å². The Morgan fingerprint density at radius 3 is 2.46 bits per heavy atom. The van der Waals surface area contributed by atoms with Gasteiger partial charge in [-0.15, -0.1) is 0 Å². The van der Waals surface area contributed by atoms with Crippen molar-refractivity contribution < 1.29 is 23.7 Å². The van der Waals surface area contributed by atoms with Crippen LogP contribution in [0.3, 0.4) is 0 Å². The van der Waals surface area contributed by atoms with Crippen LogP contribution in [0.4, 0.5) is 0 Å². The monoisotopic (exact) mass is 352 g/mol. The van der Waals surface area contributed by atoms with E-state index in [4.69, 9.17) is 30.5 Å². The van der Waals surface area contributed by atoms with E-state index in [2.05, 4.69) is 9.97 Å². The Morgan fingerprint density at radius 1 is 1.12 bits per heavy atom. The molecule has 2 aromatic rings. The van der Waals surface area contributed by atoms with Gasteiger partial charge in [-0.3, -0.25) is 4.79 Å². The van der Waals surface area contributed by atoms with E-state index in [1.165, 1.54) is 33.6 Å². The number of benzene rings is 1. The zero-order valence-electron chi connectivity index (χ0n) is 13.4. The maximum absolute atomic E-state index is 12.2. The van der Waals surface area contributed by atoms with E-state index in [-0.39, 0.29) is 11.2 Å². The van der Waals surface area contributed by atoms with Gasteiger partial charge in [0.15, 0.2) is 6.29 Å². The quantitative estimate of drug-likeness (QED) is 0.430. The lowest BCUT2D eigenvalue weighted by Gasteiger charge is -2.24. The molecule has 0 saturated heterocycles. The predicted molar refractivity (Wildman–Crippen MR) is 86.1 cm³/mol. The molecule has 0 amide bonds. The van der Waals surface area contributed by atoms with Gasteiger partial charge in [-0.25, -0.2) is 4.98 Å². The number of hydrogen-bond donors (Lipinski definition) is 0. The second kappa shape index (κ2) is 8.58. The Hall–Kier alpha value is -2.22. The number of carbonyl (C=O) groups excluding carboxylic acids is 1. The van der Waals surface area contributed by atoms with E-state index in [1.807, 2.05) is 0 Å². The van der Waals surface area contributed by atoms with Crippen LogP contribution in [0.15, 0.2) is 36.5 Å². The Balaban J connectivity index is 2.42. The molecule has 0 aliphatic rings. The first-order valence-corrected chi connectivity index (χ1v) is 7.37. The Labute approximate surface area is 144 Å². The summed E-state index contributed by atoms with van der Waals surface area (Å²) in [6.45, 7) is 0. The lowest BCUT2D eigenvalue weighted by Crippen LogP contribution is -2.30. The van der Waals surface area contributed by atoms with Crippen LogP contribution >= 0.6 is 11.6 Å². The normalized spacial score (nSPS) is 12.0. The summed E-state index contributed by atoms with van der Waals surface area (Å²) in [4.78, 5) is 20.2. The molecule has 24 heavy (non-hydrogen) atoms. The molecule has 0 aliphatic heterocycles. The first kappa shape index (κ1) is 18.1. The molecular weight excluding hydrogens is 336 g/mol. The van der Waals surface area contributed by atoms with Gasteiger partial charge in [0, 0.05) is 26.0 Å². The highest BCUT2D eigenvalue weighted by Gasteiger charge is 2.34. The molecule has 1 heterocycles. The van der Waals surface area contributed by atoms with Crippen molar-refractivity contribution >= 4 is 17.6 Å². The van der Waals surface area contributed by atoms with E-state index in [9.17, 15) is 4.79 Å². The van der Waals surface area contributed by atoms with E-state index in [1.54, 1.807) is 24.3 Å². The highest BCUT2D eigenvalue weighted by molar-refractivity contribution is 6.29. The third kappa shape index (κ3) is 4.19. The molecule has 128 valence electrons. The average Bonchev–Trinajstić information content (AvgIpc) is 2.60. The molecule has 1 atom stereocenters. The van der Waals surface area contributed by atoms with E-state index < -0.39 is 18.2 Å². The van der Waals surface area contributed by atoms with Gasteiger partial charge in [-0.05, 0) is 12.1 Å². The van der Waals surface area contributed by atoms with Crippen molar-refractivity contribution in [2.75, 3.05) is 21.3 Å². The molecule has 0 bridgehead atoms. The molecule has 0 fully saturated rings. The summed E-state index contributed by atoms with van der Waals surface area (Å²) >= 11 is 5.84. The fourth-order valence-electron chi connectivity index (χ4n) is 2.18. The van der Waals surface area contributed by atoms with Gasteiger partial charge in [0.1, 0.15) is 16.8 Å². The molecular formula is C16H17ClN2O5. The molecule has 0 saturated carbocycles. The molecule has 1 aromatic carbocycles. The molecule has 0 spiro atoms. The van der Waals surface area contributed by atoms with Crippen LogP contribution in [-0.2, 0) is 19.0 Å². The first-order chi connectivity index (χ1) is 11.6. The molecule has 7 nitrogen and oxygen atoms in total. The van der Waals surface area contributed by atoms with Crippen molar-refractivity contribution in [1.82, 2.24) is 9.97 Å². The number of aromatic nitrogens is 2. The fourth-order valence-corrected chi connectivity index (χ4v) is 2.31. The molecule has 0 aliphatic carbocycles. The van der Waals surface area contributed by atoms with Crippen LogP contribution < -0.4 is 4.74 Å². The number of rotatable bonds is 7. The van der Waals surface area contributed by atoms with Crippen LogP contribution in [0.5, 0.6) is 11.8 Å². The van der Waals surface area contributed by atoms with Gasteiger partial charge in [-0.2, -0.15) is 4.98 Å². The van der Waals surface area contributed by atoms with Gasteiger partial charge in [0.05, 0.1) is 7.11 Å². The van der Waals surface area contributed by atoms with Crippen molar-refractivity contribution in [3.05, 3.63) is 47.2 Å². The maximum atomic E-state index is 12.2. The standard InChI is InChI=1S/C16H17ClN2O5/c1-21-14(20)13(15(22-2)23-3)10-6-4-5-7-11(10)24-16-18-9-8-12(17)19-16/h4-9,13,15H,1-3H3. The van der Waals surface area contributed by atoms with Gasteiger partial charge in [0.2, 0.25) is 0 Å². The molecule has 0 radical (unpaired) electrons. The number of esters is 1. The summed E-state index contributed by atoms with van der Waals surface area (Å²) in [6.07, 6.45) is 0.625. The number of nitrogens with zero attached hydrogens (tertiary/aromatic N) is 2. The number of hydrogen-bond acceptors (Lipinski definition) is 7. The smallest absolute Gasteiger partial charge is 0.323 e. The summed E-state index contributed by atoms with van der Waals surface area (Å²) < 4.78 is 21.0. The number of methoxy groups -OCH3 is 3. The summed E-state index contributed by atoms with van der Waals surface area (Å²) in [5.74, 6) is -0.999. The number of para-hydroxylation sites is 1. The second-order valence-corrected chi connectivity index (χ2v) is 5.03. The Kier molecular flexibility index (Phi) is 6.48. The lowest BCUT2D eigenvalue weighted by atomic mass is 9.97. The summed E-state index contributed by atoms with van der Waals surface area (Å²) in [6, 6.07) is 8.50. The summed E-state index contributed by atoms with van der Waals surface area (Å²) in [5, 5.41) is 0.244. The van der Waals surface area contributed by atoms with Crippen molar-refractivity contribution in [2.24, 2.45) is 0 Å². The highest BCUT2D eigenvalue weighted by Crippen LogP contribution is 2.33. The van der Waals surface area contributed by atoms with E-state index in [0.29, 0.717) is 11.3 Å². The van der Waals surface area contributed by atoms with Gasteiger partial charge in [0.25, 0.3) is 0 Å². The van der Waals surface area contributed by atoms with E-state index >= 15 is 0 Å². The second-order valence-electron chi connectivity index (χ2n) is 4.64. The SMILES string of the molecule is COC(=O)C(c1ccccc1Oc1nccc(Cl)n1)C(OC)OC. The maximum Gasteiger partial charge on any atom is 0.323 e. The van der Waals surface area contributed by atoms with Gasteiger partial charge < -0.3 is 18.9 Å². The van der Waals surface area contributed by atoms with Crippen LogP contribution in [0, 0.1) is 0 Å². The molecule has 8 heteroatoms. The molecule has 0 N–H and O–H groups in total. The van der Waals surface area contributed by atoms with Gasteiger partial charge in [-0.1, -0.05) is 29.8 Å². The Bertz CT molecular complexity index is 694. The van der Waals surface area contributed by atoms with Crippen LogP contribution in [0.1, 0.15) is 11.5 Å². The predicted octanol–water partition coefficient (Wildman–Crippen LogP) is 2.80. The minimum Gasteiger partial charge on any atom is -0.468 e. The molecule has 1 unspecified atom stereocenters. The molecule has 1 aromatic heterocycles. The largest absolute Gasteiger partial charge is 0.468 e. The van der Waals surface area contributed by atoms with Crippen LogP contribution in [-0.4, -0.2) is 43.6 Å². The number of carbonyl (C=O) groups is 1. The lowest BCUT2D eigenvalue weighted by molar-refractivity contribution is -0.163. The van der Waals surface area contributed by atoms with Crippen LogP contribution in [0.25, 0.3) is 0 Å². The topological polar surface area (TPSA) is 79.8 Å². The summed E-state index contributed by atoms with van der Waals surface area (Å²) in [7, 11) is 4.17. The number of ether oxygens (including phenoxy) is 4. The molecule has 2 rings (SSSR count). The van der Waals surface area contributed by atoms with E-state index in [0.717, 1.165) is 0 Å². The van der Waals surface area contributed by atoms with Crippen molar-refractivity contribution in [1.29, 1.82) is 0 Å². The van der Waals surface area contributed by atoms with Gasteiger partial charge >= 0.3 is 12.0 Å². The third-order valence-electron chi connectivity index (χ3n) is 3.25. The highest BCUT2D eigenvalue weighted by atomic mass is 35.5. The Morgan fingerprint density at radius 2 is 1.83 bits per heavy atom. The summed E-state index contributed by atoms with van der Waals surface area (Å²) in [5.41, 5.74) is 0.515. The zero-order valence-corrected chi connectivity index (χ0v) is 14.2. The zero-order chi connectivity index (χ0) is 17.5. The number of halogens is 1. The van der Waals surface area contributed by atoms with Crippen molar-refractivity contribution in [3.63, 3.8) is 0 Å².